The fraction of sp³-hybridized carbons (Fsp3) is 0.727. The molecule has 1 aliphatic rings. The molecule has 1 aliphatic heterocycles. The van der Waals surface area contributed by atoms with E-state index in [0.29, 0.717) is 6.54 Å². The zero-order valence-electron chi connectivity index (χ0n) is 9.71. The normalized spacial score (nSPS) is 15.1. The van der Waals surface area contributed by atoms with Crippen molar-refractivity contribution in [3.05, 3.63) is 11.1 Å². The Balaban J connectivity index is 2.71. The van der Waals surface area contributed by atoms with Crippen LogP contribution in [0.5, 0.6) is 0 Å². The van der Waals surface area contributed by atoms with Crippen LogP contribution in [-0.2, 0) is 4.79 Å². The van der Waals surface area contributed by atoms with Gasteiger partial charge >= 0.3 is 0 Å². The molecular formula is C11H20N2O2. The van der Waals surface area contributed by atoms with Crippen LogP contribution >= 0.6 is 0 Å². The lowest BCUT2D eigenvalue weighted by atomic mass is 10.0. The highest BCUT2D eigenvalue weighted by atomic mass is 16.3. The number of hydrogen-bond acceptors (Lipinski definition) is 3. The summed E-state index contributed by atoms with van der Waals surface area (Å²) >= 11 is 0. The highest BCUT2D eigenvalue weighted by Gasteiger charge is 2.22. The summed E-state index contributed by atoms with van der Waals surface area (Å²) in [6.07, 6.45) is 0. The fourth-order valence-electron chi connectivity index (χ4n) is 1.58. The van der Waals surface area contributed by atoms with Crippen LogP contribution in [0.15, 0.2) is 11.1 Å². The SMILES string of the molecule is CC(C(=O)N(CCO)C(C)C)=C1CNC1. The van der Waals surface area contributed by atoms with Crippen molar-refractivity contribution in [3.8, 4) is 0 Å². The predicted molar refractivity (Wildman–Crippen MR) is 59.5 cm³/mol. The van der Waals surface area contributed by atoms with Crippen molar-refractivity contribution in [1.29, 1.82) is 0 Å². The molecule has 4 nitrogen and oxygen atoms in total. The van der Waals surface area contributed by atoms with E-state index in [1.165, 1.54) is 5.57 Å². The minimum atomic E-state index is 0.0186. The van der Waals surface area contributed by atoms with Crippen molar-refractivity contribution in [2.24, 2.45) is 0 Å². The lowest BCUT2D eigenvalue weighted by Crippen LogP contribution is -2.42. The molecule has 0 aromatic rings. The molecule has 1 saturated heterocycles. The molecule has 0 unspecified atom stereocenters. The zero-order chi connectivity index (χ0) is 11.4. The van der Waals surface area contributed by atoms with E-state index in [2.05, 4.69) is 5.32 Å². The smallest absolute Gasteiger partial charge is 0.249 e. The lowest BCUT2D eigenvalue weighted by Gasteiger charge is -2.29. The molecule has 0 saturated carbocycles. The Morgan fingerprint density at radius 2 is 2.13 bits per heavy atom. The topological polar surface area (TPSA) is 52.6 Å². The van der Waals surface area contributed by atoms with Crippen molar-refractivity contribution in [1.82, 2.24) is 10.2 Å². The number of rotatable bonds is 4. The molecule has 0 aliphatic carbocycles. The summed E-state index contributed by atoms with van der Waals surface area (Å²) < 4.78 is 0. The molecule has 0 aromatic carbocycles. The summed E-state index contributed by atoms with van der Waals surface area (Å²) in [5, 5.41) is 12.0. The maximum absolute atomic E-state index is 12.0. The molecule has 1 amide bonds. The van der Waals surface area contributed by atoms with Crippen LogP contribution in [0, 0.1) is 0 Å². The molecule has 0 spiro atoms. The van der Waals surface area contributed by atoms with Crippen LogP contribution in [0.4, 0.5) is 0 Å². The first kappa shape index (κ1) is 12.2. The van der Waals surface area contributed by atoms with Crippen molar-refractivity contribution < 1.29 is 9.90 Å². The van der Waals surface area contributed by atoms with E-state index in [-0.39, 0.29) is 18.6 Å². The predicted octanol–water partition coefficient (Wildman–Crippen LogP) is 0.135. The average Bonchev–Trinajstić information content (AvgIpc) is 2.09. The van der Waals surface area contributed by atoms with E-state index < -0.39 is 0 Å². The molecule has 0 bridgehead atoms. The lowest BCUT2D eigenvalue weighted by molar-refractivity contribution is -0.129. The van der Waals surface area contributed by atoms with Crippen LogP contribution in [-0.4, -0.2) is 48.2 Å². The molecule has 0 radical (unpaired) electrons. The summed E-state index contributed by atoms with van der Waals surface area (Å²) in [5.41, 5.74) is 2.01. The molecule has 1 heterocycles. The Hall–Kier alpha value is -0.870. The van der Waals surface area contributed by atoms with Gasteiger partial charge in [-0.1, -0.05) is 0 Å². The van der Waals surface area contributed by atoms with Gasteiger partial charge in [-0.2, -0.15) is 0 Å². The second kappa shape index (κ2) is 5.28. The minimum Gasteiger partial charge on any atom is -0.395 e. The first-order chi connectivity index (χ1) is 7.07. The third-order valence-electron chi connectivity index (χ3n) is 2.75. The van der Waals surface area contributed by atoms with Gasteiger partial charge in [-0.15, -0.1) is 0 Å². The molecule has 0 atom stereocenters. The van der Waals surface area contributed by atoms with Crippen LogP contribution in [0.1, 0.15) is 20.8 Å². The Bertz CT molecular complexity index is 266. The van der Waals surface area contributed by atoms with Crippen molar-refractivity contribution in [3.63, 3.8) is 0 Å². The van der Waals surface area contributed by atoms with Gasteiger partial charge in [0.2, 0.25) is 5.91 Å². The van der Waals surface area contributed by atoms with Gasteiger partial charge in [0.1, 0.15) is 0 Å². The van der Waals surface area contributed by atoms with Gasteiger partial charge in [0.15, 0.2) is 0 Å². The molecule has 1 fully saturated rings. The number of carbonyl (C=O) groups excluding carboxylic acids is 1. The molecule has 0 aromatic heterocycles. The molecule has 2 N–H and O–H groups in total. The largest absolute Gasteiger partial charge is 0.395 e. The minimum absolute atomic E-state index is 0.0186. The van der Waals surface area contributed by atoms with E-state index in [9.17, 15) is 4.79 Å². The zero-order valence-corrected chi connectivity index (χ0v) is 9.71. The fourth-order valence-corrected chi connectivity index (χ4v) is 1.58. The van der Waals surface area contributed by atoms with Gasteiger partial charge in [0, 0.05) is 31.2 Å². The average molecular weight is 212 g/mol. The summed E-state index contributed by atoms with van der Waals surface area (Å²) in [4.78, 5) is 13.7. The molecular weight excluding hydrogens is 192 g/mol. The van der Waals surface area contributed by atoms with Gasteiger partial charge in [-0.3, -0.25) is 4.79 Å². The van der Waals surface area contributed by atoms with Gasteiger partial charge in [0.05, 0.1) is 6.61 Å². The summed E-state index contributed by atoms with van der Waals surface area (Å²) in [5.74, 6) is 0.0514. The Kier molecular flexibility index (Phi) is 4.29. The van der Waals surface area contributed by atoms with E-state index in [1.807, 2.05) is 20.8 Å². The van der Waals surface area contributed by atoms with Crippen LogP contribution in [0.2, 0.25) is 0 Å². The maximum atomic E-state index is 12.0. The van der Waals surface area contributed by atoms with Crippen molar-refractivity contribution >= 4 is 5.91 Å². The van der Waals surface area contributed by atoms with Crippen molar-refractivity contribution in [2.45, 2.75) is 26.8 Å². The van der Waals surface area contributed by atoms with E-state index >= 15 is 0 Å². The molecule has 4 heteroatoms. The Morgan fingerprint density at radius 3 is 2.47 bits per heavy atom. The summed E-state index contributed by atoms with van der Waals surface area (Å²) in [6, 6.07) is 0.133. The second-order valence-electron chi connectivity index (χ2n) is 4.15. The Morgan fingerprint density at radius 1 is 1.53 bits per heavy atom. The third kappa shape index (κ3) is 2.79. The maximum Gasteiger partial charge on any atom is 0.249 e. The standard InChI is InChI=1S/C11H20N2O2/c1-8(2)13(4-5-14)11(15)9(3)10-6-12-7-10/h8,12,14H,4-7H2,1-3H3. The molecule has 86 valence electrons. The monoisotopic (exact) mass is 212 g/mol. The second-order valence-corrected chi connectivity index (χ2v) is 4.15. The molecule has 15 heavy (non-hydrogen) atoms. The Labute approximate surface area is 91.0 Å². The number of aliphatic hydroxyl groups excluding tert-OH is 1. The first-order valence-electron chi connectivity index (χ1n) is 5.39. The highest BCUT2D eigenvalue weighted by Crippen LogP contribution is 2.13. The van der Waals surface area contributed by atoms with E-state index in [1.54, 1.807) is 4.90 Å². The highest BCUT2D eigenvalue weighted by molar-refractivity contribution is 5.94. The number of nitrogens with one attached hydrogen (secondary N) is 1. The third-order valence-corrected chi connectivity index (χ3v) is 2.75. The number of nitrogens with zero attached hydrogens (tertiary/aromatic N) is 1. The first-order valence-corrected chi connectivity index (χ1v) is 5.39. The summed E-state index contributed by atoms with van der Waals surface area (Å²) in [6.45, 7) is 7.87. The van der Waals surface area contributed by atoms with Crippen LogP contribution < -0.4 is 5.32 Å². The van der Waals surface area contributed by atoms with Crippen LogP contribution in [0.25, 0.3) is 0 Å². The number of carbonyl (C=O) groups is 1. The van der Waals surface area contributed by atoms with Crippen LogP contribution in [0.3, 0.4) is 0 Å². The summed E-state index contributed by atoms with van der Waals surface area (Å²) in [7, 11) is 0. The number of amides is 1. The van der Waals surface area contributed by atoms with E-state index in [0.717, 1.165) is 18.7 Å². The van der Waals surface area contributed by atoms with Gasteiger partial charge in [-0.25, -0.2) is 0 Å². The number of aliphatic hydroxyl groups is 1. The van der Waals surface area contributed by atoms with Crippen molar-refractivity contribution in [2.75, 3.05) is 26.2 Å². The van der Waals surface area contributed by atoms with Gasteiger partial charge < -0.3 is 15.3 Å². The van der Waals surface area contributed by atoms with Gasteiger partial charge in [0.25, 0.3) is 0 Å². The van der Waals surface area contributed by atoms with Gasteiger partial charge in [-0.05, 0) is 26.3 Å². The van der Waals surface area contributed by atoms with E-state index in [4.69, 9.17) is 5.11 Å². The quantitative estimate of drug-likeness (QED) is 0.652. The molecule has 1 rings (SSSR count). The number of hydrogen-bond donors (Lipinski definition) is 2.